The molecule has 0 saturated carbocycles. The van der Waals surface area contributed by atoms with E-state index in [9.17, 15) is 0 Å². The van der Waals surface area contributed by atoms with E-state index in [0.29, 0.717) is 0 Å². The standard InChI is InChI=1S/C13H17P.C10H14.C8H18/c1-4-14-10-13-7-5-12(6-8-13)9-11(2)3;1-4-10-6-5-8(2)9(3)7-10;1-4-6-7-8(3)5-2/h4-8H,2,9-10H2,1,3H3;5-7H,4H2,1-3H3;8H,4-7H2,1-3H3. The van der Waals surface area contributed by atoms with Crippen LogP contribution in [-0.4, -0.2) is 5.80 Å². The molecule has 1 unspecified atom stereocenters. The first kappa shape index (κ1) is 30.4. The normalized spacial score (nSPS) is 11.2. The van der Waals surface area contributed by atoms with Crippen molar-refractivity contribution < 1.29 is 0 Å². The molecule has 0 amide bonds. The van der Waals surface area contributed by atoms with Gasteiger partial charge in [0, 0.05) is 6.16 Å². The second-order valence-electron chi connectivity index (χ2n) is 8.98. The molecule has 0 radical (unpaired) electrons. The van der Waals surface area contributed by atoms with Crippen molar-refractivity contribution in [1.82, 2.24) is 0 Å². The maximum Gasteiger partial charge on any atom is 0.0142 e. The number of unbranched alkanes of at least 4 members (excludes halogenated alkanes) is 1. The van der Waals surface area contributed by atoms with Gasteiger partial charge in [0.1, 0.15) is 0 Å². The molecular weight excluding hydrogens is 403 g/mol. The largest absolute Gasteiger partial charge is 0.104 e. The highest BCUT2D eigenvalue weighted by molar-refractivity contribution is 7.37. The molecule has 0 aliphatic heterocycles. The summed E-state index contributed by atoms with van der Waals surface area (Å²) in [6, 6.07) is 15.5. The molecule has 0 nitrogen and oxygen atoms in total. The van der Waals surface area contributed by atoms with Crippen LogP contribution in [0.2, 0.25) is 0 Å². The molecule has 0 aliphatic rings. The summed E-state index contributed by atoms with van der Waals surface area (Å²) >= 11 is 0. The molecule has 1 heteroatoms. The average molecular weight is 453 g/mol. The van der Waals surface area contributed by atoms with Crippen LogP contribution >= 0.6 is 8.20 Å². The van der Waals surface area contributed by atoms with Crippen molar-refractivity contribution in [2.24, 2.45) is 5.92 Å². The highest BCUT2D eigenvalue weighted by Gasteiger charge is 1.95. The van der Waals surface area contributed by atoms with Gasteiger partial charge in [-0.05, 0) is 74.3 Å². The molecule has 2 aromatic rings. The van der Waals surface area contributed by atoms with Crippen LogP contribution in [0.4, 0.5) is 0 Å². The third kappa shape index (κ3) is 15.2. The van der Waals surface area contributed by atoms with E-state index >= 15 is 0 Å². The maximum atomic E-state index is 3.92. The van der Waals surface area contributed by atoms with Crippen LogP contribution < -0.4 is 0 Å². The first-order valence-corrected chi connectivity index (χ1v) is 13.6. The smallest absolute Gasteiger partial charge is 0.0142 e. The van der Waals surface area contributed by atoms with Gasteiger partial charge in [-0.15, -0.1) is 8.20 Å². The van der Waals surface area contributed by atoms with Gasteiger partial charge in [-0.3, -0.25) is 0 Å². The molecule has 1 atom stereocenters. The van der Waals surface area contributed by atoms with Gasteiger partial charge in [0.15, 0.2) is 0 Å². The predicted molar refractivity (Wildman–Crippen MR) is 152 cm³/mol. The Kier molecular flexibility index (Phi) is 17.9. The second-order valence-corrected chi connectivity index (χ2v) is 10.2. The summed E-state index contributed by atoms with van der Waals surface area (Å²) in [5.74, 6) is 3.14. The lowest BCUT2D eigenvalue weighted by Crippen LogP contribution is -1.89. The molecule has 0 saturated heterocycles. The molecular formula is C31H49P. The second kappa shape index (κ2) is 18.9. The highest BCUT2D eigenvalue weighted by Crippen LogP contribution is 2.13. The van der Waals surface area contributed by atoms with Gasteiger partial charge in [-0.25, -0.2) is 0 Å². The van der Waals surface area contributed by atoms with Crippen molar-refractivity contribution in [2.45, 2.75) is 100 Å². The van der Waals surface area contributed by atoms with E-state index in [1.807, 2.05) is 0 Å². The zero-order valence-corrected chi connectivity index (χ0v) is 23.2. The van der Waals surface area contributed by atoms with Gasteiger partial charge >= 0.3 is 0 Å². The van der Waals surface area contributed by atoms with Crippen LogP contribution in [0.3, 0.4) is 0 Å². The Bertz CT molecular complexity index is 768. The van der Waals surface area contributed by atoms with Gasteiger partial charge in [0.25, 0.3) is 0 Å². The van der Waals surface area contributed by atoms with E-state index in [-0.39, 0.29) is 0 Å². The Morgan fingerprint density at radius 2 is 1.53 bits per heavy atom. The Morgan fingerprint density at radius 3 is 2.00 bits per heavy atom. The van der Waals surface area contributed by atoms with Crippen LogP contribution in [0.1, 0.15) is 95.0 Å². The Labute approximate surface area is 202 Å². The lowest BCUT2D eigenvalue weighted by Gasteiger charge is -2.04. The molecule has 0 heterocycles. The molecule has 0 fully saturated rings. The molecule has 0 aliphatic carbocycles. The lowest BCUT2D eigenvalue weighted by molar-refractivity contribution is 0.492. The van der Waals surface area contributed by atoms with E-state index in [1.165, 1.54) is 67.3 Å². The van der Waals surface area contributed by atoms with Crippen LogP contribution in [0.15, 0.2) is 54.6 Å². The lowest BCUT2D eigenvalue weighted by atomic mass is 10.0. The van der Waals surface area contributed by atoms with E-state index in [4.69, 9.17) is 0 Å². The minimum atomic E-state index is 0.954. The van der Waals surface area contributed by atoms with Gasteiger partial charge in [-0.2, -0.15) is 0 Å². The quantitative estimate of drug-likeness (QED) is 0.262. The fourth-order valence-electron chi connectivity index (χ4n) is 3.09. The zero-order valence-electron chi connectivity index (χ0n) is 22.3. The molecule has 0 aromatic heterocycles. The fraction of sp³-hybridized carbons (Fsp3) is 0.516. The summed E-state index contributed by atoms with van der Waals surface area (Å²) in [6.45, 7) is 21.4. The molecule has 2 rings (SSSR count). The topological polar surface area (TPSA) is 0 Å². The van der Waals surface area contributed by atoms with Crippen molar-refractivity contribution in [3.8, 4) is 0 Å². The van der Waals surface area contributed by atoms with Crippen molar-refractivity contribution in [2.75, 3.05) is 0 Å². The molecule has 178 valence electrons. The van der Waals surface area contributed by atoms with E-state index < -0.39 is 0 Å². The molecule has 32 heavy (non-hydrogen) atoms. The zero-order chi connectivity index (χ0) is 24.4. The first-order chi connectivity index (χ1) is 15.3. The Hall–Kier alpha value is -1.65. The number of hydrogen-bond donors (Lipinski definition) is 0. The molecule has 0 spiro atoms. The van der Waals surface area contributed by atoms with Crippen molar-refractivity contribution in [3.05, 3.63) is 82.4 Å². The average Bonchev–Trinajstić information content (AvgIpc) is 2.79. The number of allylic oxidation sites excluding steroid dienone is 1. The van der Waals surface area contributed by atoms with Crippen LogP contribution in [-0.2, 0) is 19.0 Å². The molecule has 2 aromatic carbocycles. The van der Waals surface area contributed by atoms with E-state index in [1.54, 1.807) is 0 Å². The summed E-state index contributed by atoms with van der Waals surface area (Å²) in [5, 5.41) is 0. The van der Waals surface area contributed by atoms with Crippen LogP contribution in [0.25, 0.3) is 0 Å². The summed E-state index contributed by atoms with van der Waals surface area (Å²) in [5.41, 5.74) is 8.21. The van der Waals surface area contributed by atoms with Crippen molar-refractivity contribution >= 4 is 14.0 Å². The number of benzene rings is 2. The highest BCUT2D eigenvalue weighted by atomic mass is 31.1. The monoisotopic (exact) mass is 452 g/mol. The SMILES string of the molecule is C=C(C)Cc1ccc(CP=CC)cc1.CCCCC(C)CC.CCc1ccc(C)c(C)c1. The minimum absolute atomic E-state index is 0.954. The minimum Gasteiger partial charge on any atom is -0.104 e. The predicted octanol–water partition coefficient (Wildman–Crippen LogP) is 10.2. The van der Waals surface area contributed by atoms with Gasteiger partial charge < -0.3 is 0 Å². The van der Waals surface area contributed by atoms with Crippen molar-refractivity contribution in [1.29, 1.82) is 0 Å². The Balaban J connectivity index is 0.000000472. The summed E-state index contributed by atoms with van der Waals surface area (Å²) < 4.78 is 0. The fourth-order valence-corrected chi connectivity index (χ4v) is 3.69. The summed E-state index contributed by atoms with van der Waals surface area (Å²) in [7, 11) is 1.39. The summed E-state index contributed by atoms with van der Waals surface area (Å²) in [4.78, 5) is 0. The van der Waals surface area contributed by atoms with E-state index in [0.717, 1.165) is 24.9 Å². The number of hydrogen-bond acceptors (Lipinski definition) is 0. The number of rotatable bonds is 9. The van der Waals surface area contributed by atoms with E-state index in [2.05, 4.69) is 110 Å². The first-order valence-electron chi connectivity index (χ1n) is 12.5. The Morgan fingerprint density at radius 1 is 0.938 bits per heavy atom. The third-order valence-electron chi connectivity index (χ3n) is 5.71. The van der Waals surface area contributed by atoms with Gasteiger partial charge in [0.2, 0.25) is 0 Å². The third-order valence-corrected chi connectivity index (χ3v) is 6.63. The van der Waals surface area contributed by atoms with Crippen LogP contribution in [0, 0.1) is 19.8 Å². The number of aryl methyl sites for hydroxylation is 3. The molecule has 0 bridgehead atoms. The summed E-state index contributed by atoms with van der Waals surface area (Å²) in [6.07, 6.45) is 8.80. The van der Waals surface area contributed by atoms with Crippen LogP contribution in [0.5, 0.6) is 0 Å². The van der Waals surface area contributed by atoms with Crippen molar-refractivity contribution in [3.63, 3.8) is 0 Å². The molecule has 0 N–H and O–H groups in total. The maximum absolute atomic E-state index is 3.92. The van der Waals surface area contributed by atoms with Gasteiger partial charge in [0.05, 0.1) is 0 Å². The van der Waals surface area contributed by atoms with Gasteiger partial charge in [-0.1, -0.05) is 114 Å².